The number of anilines is 1. The fraction of sp³-hybridized carbons (Fsp3) is 0.632. The summed E-state index contributed by atoms with van der Waals surface area (Å²) in [7, 11) is 0.777. The summed E-state index contributed by atoms with van der Waals surface area (Å²) in [6.07, 6.45) is 0.850. The quantitative estimate of drug-likeness (QED) is 0.369. The Hall–Kier alpha value is -1.60. The Kier molecular flexibility index (Phi) is 10.3. The summed E-state index contributed by atoms with van der Waals surface area (Å²) in [6, 6.07) is 7.76. The maximum atomic E-state index is 12.1. The van der Waals surface area contributed by atoms with Crippen LogP contribution >= 0.6 is 0 Å². The smallest absolute Gasteiger partial charge is 0.195 e. The molecule has 7 heteroatoms. The fourth-order valence-electron chi connectivity index (χ4n) is 2.05. The molecule has 0 aliphatic heterocycles. The first kappa shape index (κ1) is 22.4. The van der Waals surface area contributed by atoms with E-state index in [2.05, 4.69) is 15.6 Å². The highest BCUT2D eigenvalue weighted by molar-refractivity contribution is 7.86. The molecule has 1 rings (SSSR count). The summed E-state index contributed by atoms with van der Waals surface area (Å²) < 4.78 is 22.7. The third kappa shape index (κ3) is 9.20. The third-order valence-corrected chi connectivity index (χ3v) is 5.35. The maximum Gasteiger partial charge on any atom is 0.195 e. The van der Waals surface area contributed by atoms with E-state index in [1.54, 1.807) is 7.11 Å². The van der Waals surface area contributed by atoms with Crippen LogP contribution in [0, 0.1) is 0 Å². The van der Waals surface area contributed by atoms with Crippen molar-refractivity contribution in [3.63, 3.8) is 0 Å². The Balaban J connectivity index is 2.63. The molecule has 0 aliphatic rings. The molecule has 1 unspecified atom stereocenters. The zero-order valence-corrected chi connectivity index (χ0v) is 17.4. The van der Waals surface area contributed by atoms with Gasteiger partial charge in [0.05, 0.1) is 13.2 Å². The van der Waals surface area contributed by atoms with E-state index in [4.69, 9.17) is 9.47 Å². The van der Waals surface area contributed by atoms with Gasteiger partial charge in [-0.2, -0.15) is 0 Å². The Bertz CT molecular complexity index is 586. The van der Waals surface area contributed by atoms with Gasteiger partial charge in [0.15, 0.2) is 5.96 Å². The van der Waals surface area contributed by atoms with Gasteiger partial charge in [0, 0.05) is 59.7 Å². The van der Waals surface area contributed by atoms with Crippen LogP contribution in [0.3, 0.4) is 0 Å². The first-order valence-electron chi connectivity index (χ1n) is 9.02. The summed E-state index contributed by atoms with van der Waals surface area (Å²) in [4.78, 5) is 4.52. The Morgan fingerprint density at radius 3 is 2.69 bits per heavy atom. The molecule has 0 amide bonds. The van der Waals surface area contributed by atoms with E-state index in [1.165, 1.54) is 0 Å². The fourth-order valence-corrected chi connectivity index (χ4v) is 2.92. The second-order valence-electron chi connectivity index (χ2n) is 6.77. The number of benzene rings is 1. The Morgan fingerprint density at radius 1 is 1.27 bits per heavy atom. The highest BCUT2D eigenvalue weighted by atomic mass is 32.2. The molecule has 148 valence electrons. The number of aliphatic imine (C=N–C) groups is 1. The Morgan fingerprint density at radius 2 is 2.04 bits per heavy atom. The first-order valence-corrected chi connectivity index (χ1v) is 10.3. The standard InChI is InChI=1S/C19H33N3O3S/c1-6-20-18(21-11-14-26(23)19(2,3)4)22-16-9-7-10-17(15-16)25-13-8-12-24-5/h7,9-10,15H,6,8,11-14H2,1-5H3,(H2,20,21,22). The predicted molar refractivity (Wildman–Crippen MR) is 111 cm³/mol. The zero-order chi connectivity index (χ0) is 19.4. The predicted octanol–water partition coefficient (Wildman–Crippen LogP) is 3.03. The van der Waals surface area contributed by atoms with Crippen molar-refractivity contribution in [2.45, 2.75) is 38.9 Å². The lowest BCUT2D eigenvalue weighted by atomic mass is 10.3. The van der Waals surface area contributed by atoms with E-state index in [9.17, 15) is 4.21 Å². The minimum Gasteiger partial charge on any atom is -0.493 e. The molecule has 2 N–H and O–H groups in total. The molecule has 0 heterocycles. The Labute approximate surface area is 160 Å². The van der Waals surface area contributed by atoms with E-state index in [0.717, 1.165) is 24.4 Å². The molecule has 6 nitrogen and oxygen atoms in total. The number of hydrogen-bond donors (Lipinski definition) is 2. The number of methoxy groups -OCH3 is 1. The molecule has 0 spiro atoms. The van der Waals surface area contributed by atoms with Crippen molar-refractivity contribution in [2.75, 3.05) is 44.5 Å². The van der Waals surface area contributed by atoms with Gasteiger partial charge in [-0.25, -0.2) is 0 Å². The number of ether oxygens (including phenoxy) is 2. The molecule has 0 radical (unpaired) electrons. The zero-order valence-electron chi connectivity index (χ0n) is 16.6. The summed E-state index contributed by atoms with van der Waals surface area (Å²) >= 11 is 0. The highest BCUT2D eigenvalue weighted by Gasteiger charge is 2.18. The molecular weight excluding hydrogens is 350 g/mol. The van der Waals surface area contributed by atoms with E-state index in [0.29, 0.717) is 31.5 Å². The molecule has 0 aliphatic carbocycles. The molecule has 1 aromatic rings. The average Bonchev–Trinajstić information content (AvgIpc) is 2.58. The number of guanidine groups is 1. The van der Waals surface area contributed by atoms with Gasteiger partial charge in [-0.15, -0.1) is 0 Å². The van der Waals surface area contributed by atoms with Gasteiger partial charge < -0.3 is 20.1 Å². The second-order valence-corrected chi connectivity index (χ2v) is 9.09. The van der Waals surface area contributed by atoms with Crippen molar-refractivity contribution in [3.05, 3.63) is 24.3 Å². The highest BCUT2D eigenvalue weighted by Crippen LogP contribution is 2.17. The molecule has 0 bridgehead atoms. The normalized spacial score (nSPS) is 13.3. The van der Waals surface area contributed by atoms with Crippen LogP contribution in [0.25, 0.3) is 0 Å². The van der Waals surface area contributed by atoms with Crippen LogP contribution in [0.4, 0.5) is 5.69 Å². The first-order chi connectivity index (χ1) is 12.4. The number of nitrogens with zero attached hydrogens (tertiary/aromatic N) is 1. The van der Waals surface area contributed by atoms with Gasteiger partial charge >= 0.3 is 0 Å². The molecule has 0 saturated carbocycles. The van der Waals surface area contributed by atoms with Gasteiger partial charge in [-0.1, -0.05) is 6.07 Å². The van der Waals surface area contributed by atoms with Crippen LogP contribution < -0.4 is 15.4 Å². The molecule has 1 atom stereocenters. The van der Waals surface area contributed by atoms with Crippen molar-refractivity contribution in [2.24, 2.45) is 4.99 Å². The lowest BCUT2D eigenvalue weighted by Crippen LogP contribution is -2.31. The van der Waals surface area contributed by atoms with E-state index < -0.39 is 10.8 Å². The lowest BCUT2D eigenvalue weighted by Gasteiger charge is -2.17. The van der Waals surface area contributed by atoms with Crippen LogP contribution in [-0.4, -0.2) is 54.1 Å². The monoisotopic (exact) mass is 383 g/mol. The van der Waals surface area contributed by atoms with Gasteiger partial charge in [-0.3, -0.25) is 9.20 Å². The third-order valence-electron chi connectivity index (χ3n) is 3.43. The minimum absolute atomic E-state index is 0.213. The van der Waals surface area contributed by atoms with Crippen molar-refractivity contribution in [1.29, 1.82) is 0 Å². The van der Waals surface area contributed by atoms with Crippen LogP contribution in [0.1, 0.15) is 34.1 Å². The minimum atomic E-state index is -0.906. The summed E-state index contributed by atoms with van der Waals surface area (Å²) in [5.74, 6) is 2.02. The molecule has 26 heavy (non-hydrogen) atoms. The van der Waals surface area contributed by atoms with Crippen LogP contribution in [-0.2, 0) is 15.5 Å². The lowest BCUT2D eigenvalue weighted by molar-refractivity contribution is 0.172. The van der Waals surface area contributed by atoms with Crippen molar-refractivity contribution < 1.29 is 13.7 Å². The van der Waals surface area contributed by atoms with Gasteiger partial charge in [0.25, 0.3) is 0 Å². The van der Waals surface area contributed by atoms with Crippen molar-refractivity contribution in [1.82, 2.24) is 5.32 Å². The van der Waals surface area contributed by atoms with Crippen LogP contribution in [0.15, 0.2) is 29.3 Å². The van der Waals surface area contributed by atoms with Gasteiger partial charge in [0.2, 0.25) is 0 Å². The summed E-state index contributed by atoms with van der Waals surface area (Å²) in [6.45, 7) is 10.5. The molecule has 1 aromatic carbocycles. The topological polar surface area (TPSA) is 72.0 Å². The number of nitrogens with one attached hydrogen (secondary N) is 2. The van der Waals surface area contributed by atoms with Gasteiger partial charge in [-0.05, 0) is 39.8 Å². The molecular formula is C19H33N3O3S. The van der Waals surface area contributed by atoms with Crippen molar-refractivity contribution in [3.8, 4) is 5.75 Å². The number of rotatable bonds is 10. The van der Waals surface area contributed by atoms with Gasteiger partial charge in [0.1, 0.15) is 5.75 Å². The van der Waals surface area contributed by atoms with E-state index in [1.807, 2.05) is 52.0 Å². The van der Waals surface area contributed by atoms with E-state index in [-0.39, 0.29) is 4.75 Å². The number of hydrogen-bond acceptors (Lipinski definition) is 4. The SMILES string of the molecule is CCNC(=NCCS(=O)C(C)(C)C)Nc1cccc(OCCCOC)c1. The second kappa shape index (κ2) is 11.9. The summed E-state index contributed by atoms with van der Waals surface area (Å²) in [5.41, 5.74) is 0.894. The molecule has 0 saturated heterocycles. The van der Waals surface area contributed by atoms with Crippen molar-refractivity contribution >= 4 is 22.4 Å². The summed E-state index contributed by atoms with van der Waals surface area (Å²) in [5, 5.41) is 6.48. The van der Waals surface area contributed by atoms with Crippen LogP contribution in [0.5, 0.6) is 5.75 Å². The maximum absolute atomic E-state index is 12.1. The van der Waals surface area contributed by atoms with E-state index >= 15 is 0 Å². The van der Waals surface area contributed by atoms with Crippen LogP contribution in [0.2, 0.25) is 0 Å². The average molecular weight is 384 g/mol. The largest absolute Gasteiger partial charge is 0.493 e. The molecule has 0 aromatic heterocycles. The molecule has 0 fully saturated rings.